The van der Waals surface area contributed by atoms with Crippen molar-refractivity contribution in [3.8, 4) is 22.6 Å². The summed E-state index contributed by atoms with van der Waals surface area (Å²) in [5, 5.41) is 7.88. The number of hydrogen-bond donors (Lipinski definition) is 1. The van der Waals surface area contributed by atoms with E-state index in [1.165, 1.54) is 0 Å². The maximum atomic E-state index is 5.81. The molecule has 0 amide bonds. The van der Waals surface area contributed by atoms with Gasteiger partial charge in [-0.2, -0.15) is 0 Å². The Labute approximate surface area is 138 Å². The van der Waals surface area contributed by atoms with Crippen LogP contribution >= 0.6 is 0 Å². The summed E-state index contributed by atoms with van der Waals surface area (Å²) in [4.78, 5) is 4.16. The summed E-state index contributed by atoms with van der Waals surface area (Å²) < 4.78 is 5.81. The van der Waals surface area contributed by atoms with Crippen LogP contribution in [0.25, 0.3) is 22.2 Å². The molecule has 1 aromatic heterocycles. The lowest BCUT2D eigenvalue weighted by Crippen LogP contribution is -1.97. The van der Waals surface area contributed by atoms with Crippen LogP contribution in [0.4, 0.5) is 5.95 Å². The lowest BCUT2D eigenvalue weighted by atomic mass is 10.1. The third-order valence-electron chi connectivity index (χ3n) is 3.64. The maximum Gasteiger partial charge on any atom is 0.240 e. The van der Waals surface area contributed by atoms with Crippen molar-refractivity contribution in [2.45, 2.75) is 0 Å². The quantitative estimate of drug-likeness (QED) is 0.617. The van der Waals surface area contributed by atoms with Crippen molar-refractivity contribution in [2.24, 2.45) is 0 Å². The average Bonchev–Trinajstić information content (AvgIpc) is 2.63. The fourth-order valence-corrected chi connectivity index (χ4v) is 2.47. The summed E-state index contributed by atoms with van der Waals surface area (Å²) in [5.74, 6) is 1.78. The topological polar surface area (TPSA) is 73.9 Å². The van der Waals surface area contributed by atoms with E-state index in [0.29, 0.717) is 5.52 Å². The number of para-hydroxylation sites is 1. The Balaban J connectivity index is 1.61. The van der Waals surface area contributed by atoms with Crippen LogP contribution < -0.4 is 10.5 Å². The molecule has 5 nitrogen and oxygen atoms in total. The average molecular weight is 314 g/mol. The Morgan fingerprint density at radius 3 is 2.17 bits per heavy atom. The van der Waals surface area contributed by atoms with Gasteiger partial charge < -0.3 is 10.5 Å². The van der Waals surface area contributed by atoms with Crippen LogP contribution in [-0.2, 0) is 0 Å². The molecule has 0 atom stereocenters. The first-order valence-electron chi connectivity index (χ1n) is 7.51. The van der Waals surface area contributed by atoms with E-state index in [4.69, 9.17) is 10.5 Å². The lowest BCUT2D eigenvalue weighted by Gasteiger charge is -2.07. The molecule has 0 saturated carbocycles. The molecule has 0 aliphatic heterocycles. The van der Waals surface area contributed by atoms with Crippen molar-refractivity contribution in [1.29, 1.82) is 0 Å². The number of benzene rings is 3. The SMILES string of the molecule is Nc1nnc2cc(-c3ccc(Oc4ccccc4)cc3)ccc2n1. The first kappa shape index (κ1) is 14.1. The summed E-state index contributed by atoms with van der Waals surface area (Å²) in [7, 11) is 0. The van der Waals surface area contributed by atoms with Gasteiger partial charge in [0.1, 0.15) is 17.0 Å². The molecular weight excluding hydrogens is 300 g/mol. The minimum Gasteiger partial charge on any atom is -0.457 e. The molecule has 0 aliphatic rings. The molecule has 0 fully saturated rings. The van der Waals surface area contributed by atoms with Crippen LogP contribution in [0.15, 0.2) is 72.8 Å². The van der Waals surface area contributed by atoms with E-state index in [0.717, 1.165) is 28.1 Å². The second-order valence-corrected chi connectivity index (χ2v) is 5.31. The van der Waals surface area contributed by atoms with Gasteiger partial charge in [-0.3, -0.25) is 0 Å². The molecule has 0 spiro atoms. The molecule has 3 aromatic carbocycles. The number of anilines is 1. The van der Waals surface area contributed by atoms with Gasteiger partial charge in [0.15, 0.2) is 0 Å². The molecule has 116 valence electrons. The largest absolute Gasteiger partial charge is 0.457 e. The van der Waals surface area contributed by atoms with E-state index in [2.05, 4.69) is 15.2 Å². The zero-order valence-corrected chi connectivity index (χ0v) is 12.8. The van der Waals surface area contributed by atoms with Gasteiger partial charge in [-0.05, 0) is 47.5 Å². The Morgan fingerprint density at radius 1 is 0.667 bits per heavy atom. The smallest absolute Gasteiger partial charge is 0.240 e. The number of nitrogens with zero attached hydrogens (tertiary/aromatic N) is 3. The molecule has 0 aliphatic carbocycles. The Hall–Kier alpha value is -3.47. The van der Waals surface area contributed by atoms with Crippen molar-refractivity contribution >= 4 is 17.0 Å². The molecule has 4 rings (SSSR count). The first-order chi connectivity index (χ1) is 11.8. The van der Waals surface area contributed by atoms with Crippen molar-refractivity contribution in [1.82, 2.24) is 15.2 Å². The molecule has 0 radical (unpaired) electrons. The number of rotatable bonds is 3. The zero-order chi connectivity index (χ0) is 16.4. The van der Waals surface area contributed by atoms with Gasteiger partial charge in [-0.25, -0.2) is 4.98 Å². The summed E-state index contributed by atoms with van der Waals surface area (Å²) in [5.41, 5.74) is 9.10. The predicted molar refractivity (Wildman–Crippen MR) is 93.7 cm³/mol. The highest BCUT2D eigenvalue weighted by Gasteiger charge is 2.04. The summed E-state index contributed by atoms with van der Waals surface area (Å²) in [6, 6.07) is 23.4. The van der Waals surface area contributed by atoms with E-state index >= 15 is 0 Å². The number of fused-ring (bicyclic) bond motifs is 1. The molecule has 5 heteroatoms. The van der Waals surface area contributed by atoms with Crippen molar-refractivity contribution in [3.05, 3.63) is 72.8 Å². The van der Waals surface area contributed by atoms with Gasteiger partial charge >= 0.3 is 0 Å². The minimum atomic E-state index is 0.178. The van der Waals surface area contributed by atoms with Crippen LogP contribution in [0.3, 0.4) is 0 Å². The minimum absolute atomic E-state index is 0.178. The number of hydrogen-bond acceptors (Lipinski definition) is 5. The molecule has 1 heterocycles. The Kier molecular flexibility index (Phi) is 3.51. The maximum absolute atomic E-state index is 5.81. The van der Waals surface area contributed by atoms with E-state index in [9.17, 15) is 0 Å². The summed E-state index contributed by atoms with van der Waals surface area (Å²) in [6.45, 7) is 0. The van der Waals surface area contributed by atoms with Crippen LogP contribution in [0, 0.1) is 0 Å². The monoisotopic (exact) mass is 314 g/mol. The van der Waals surface area contributed by atoms with Gasteiger partial charge in [0, 0.05) is 0 Å². The highest BCUT2D eigenvalue weighted by Crippen LogP contribution is 2.27. The van der Waals surface area contributed by atoms with Gasteiger partial charge in [0.2, 0.25) is 5.95 Å². The van der Waals surface area contributed by atoms with E-state index in [1.807, 2.05) is 72.8 Å². The zero-order valence-electron chi connectivity index (χ0n) is 12.8. The highest BCUT2D eigenvalue weighted by molar-refractivity contribution is 5.81. The van der Waals surface area contributed by atoms with E-state index < -0.39 is 0 Å². The number of nitrogen functional groups attached to an aromatic ring is 1. The van der Waals surface area contributed by atoms with Gasteiger partial charge in [0.05, 0.1) is 5.52 Å². The van der Waals surface area contributed by atoms with Crippen molar-refractivity contribution in [2.75, 3.05) is 5.73 Å². The molecule has 4 aromatic rings. The van der Waals surface area contributed by atoms with Crippen molar-refractivity contribution < 1.29 is 4.74 Å². The fourth-order valence-electron chi connectivity index (χ4n) is 2.47. The van der Waals surface area contributed by atoms with Crippen LogP contribution in [-0.4, -0.2) is 15.2 Å². The standard InChI is InChI=1S/C19H14N4O/c20-19-21-17-11-8-14(12-18(17)22-23-19)13-6-9-16(10-7-13)24-15-4-2-1-3-5-15/h1-12H,(H2,20,21,23). The predicted octanol–water partition coefficient (Wildman–Crippen LogP) is 4.07. The lowest BCUT2D eigenvalue weighted by molar-refractivity contribution is 0.483. The first-order valence-corrected chi connectivity index (χ1v) is 7.51. The van der Waals surface area contributed by atoms with E-state index in [-0.39, 0.29) is 5.95 Å². The highest BCUT2D eigenvalue weighted by atomic mass is 16.5. The second-order valence-electron chi connectivity index (χ2n) is 5.31. The Bertz CT molecular complexity index is 985. The van der Waals surface area contributed by atoms with Crippen LogP contribution in [0.1, 0.15) is 0 Å². The molecular formula is C19H14N4O. The van der Waals surface area contributed by atoms with Crippen molar-refractivity contribution in [3.63, 3.8) is 0 Å². The van der Waals surface area contributed by atoms with Gasteiger partial charge in [-0.1, -0.05) is 36.4 Å². The summed E-state index contributed by atoms with van der Waals surface area (Å²) in [6.07, 6.45) is 0. The number of nitrogens with two attached hydrogens (primary N) is 1. The fraction of sp³-hybridized carbons (Fsp3) is 0. The molecule has 0 bridgehead atoms. The molecule has 2 N–H and O–H groups in total. The third-order valence-corrected chi connectivity index (χ3v) is 3.64. The Morgan fingerprint density at radius 2 is 1.38 bits per heavy atom. The summed E-state index contributed by atoms with van der Waals surface area (Å²) >= 11 is 0. The van der Waals surface area contributed by atoms with E-state index in [1.54, 1.807) is 0 Å². The molecule has 0 unspecified atom stereocenters. The molecule has 0 saturated heterocycles. The van der Waals surface area contributed by atoms with Gasteiger partial charge in [-0.15, -0.1) is 10.2 Å². The normalized spacial score (nSPS) is 10.7. The number of ether oxygens (including phenoxy) is 1. The van der Waals surface area contributed by atoms with Crippen LogP contribution in [0.2, 0.25) is 0 Å². The second kappa shape index (κ2) is 5.96. The molecule has 24 heavy (non-hydrogen) atoms. The van der Waals surface area contributed by atoms with Crippen LogP contribution in [0.5, 0.6) is 11.5 Å². The number of aromatic nitrogens is 3. The third kappa shape index (κ3) is 2.87. The van der Waals surface area contributed by atoms with Gasteiger partial charge in [0.25, 0.3) is 0 Å².